The molecule has 0 aromatic carbocycles. The fourth-order valence-corrected chi connectivity index (χ4v) is 3.31. The lowest BCUT2D eigenvalue weighted by Crippen LogP contribution is -2.51. The predicted octanol–water partition coefficient (Wildman–Crippen LogP) is 4.89. The summed E-state index contributed by atoms with van der Waals surface area (Å²) >= 11 is 0. The molecular weight excluding hydrogens is 168 g/mol. The molecule has 1 unspecified atom stereocenters. The maximum atomic E-state index is 2.50. The van der Waals surface area contributed by atoms with Crippen LogP contribution >= 0.6 is 0 Å². The normalized spacial score (nSPS) is 36.0. The summed E-state index contributed by atoms with van der Waals surface area (Å²) in [6.07, 6.45) is 4.20. The van der Waals surface area contributed by atoms with Crippen LogP contribution in [0.1, 0.15) is 67.7 Å². The molecule has 0 aromatic rings. The van der Waals surface area contributed by atoms with Gasteiger partial charge in [-0.2, -0.15) is 0 Å². The van der Waals surface area contributed by atoms with Gasteiger partial charge in [0.05, 0.1) is 0 Å². The maximum Gasteiger partial charge on any atom is -0.0246 e. The van der Waals surface area contributed by atoms with E-state index in [0.29, 0.717) is 16.2 Å². The summed E-state index contributed by atoms with van der Waals surface area (Å²) in [7, 11) is 0. The molecule has 0 heteroatoms. The first kappa shape index (κ1) is 12.1. The van der Waals surface area contributed by atoms with Crippen molar-refractivity contribution >= 4 is 0 Å². The minimum atomic E-state index is 0.451. The molecule has 1 aliphatic carbocycles. The van der Waals surface area contributed by atoms with E-state index in [1.54, 1.807) is 0 Å². The third-order valence-corrected chi connectivity index (χ3v) is 5.89. The Hall–Kier alpha value is 0. The Labute approximate surface area is 90.5 Å². The van der Waals surface area contributed by atoms with Crippen molar-refractivity contribution in [2.75, 3.05) is 0 Å². The molecule has 0 N–H and O–H groups in total. The fraction of sp³-hybridized carbons (Fsp3) is 1.00. The third-order valence-electron chi connectivity index (χ3n) is 5.89. The van der Waals surface area contributed by atoms with Crippen LogP contribution in [-0.4, -0.2) is 0 Å². The van der Waals surface area contributed by atoms with Gasteiger partial charge in [-0.1, -0.05) is 54.9 Å². The van der Waals surface area contributed by atoms with Crippen molar-refractivity contribution in [2.45, 2.75) is 67.7 Å². The van der Waals surface area contributed by atoms with Crippen molar-refractivity contribution in [1.29, 1.82) is 0 Å². The Morgan fingerprint density at radius 3 is 1.71 bits per heavy atom. The Balaban J connectivity index is 3.09. The summed E-state index contributed by atoms with van der Waals surface area (Å²) in [6, 6.07) is 0. The first-order valence-electron chi connectivity index (χ1n) is 6.15. The van der Waals surface area contributed by atoms with Crippen molar-refractivity contribution in [3.05, 3.63) is 0 Å². The second-order valence-corrected chi connectivity index (χ2v) is 6.93. The van der Waals surface area contributed by atoms with Gasteiger partial charge >= 0.3 is 0 Å². The lowest BCUT2D eigenvalue weighted by molar-refractivity contribution is -0.103. The molecule has 0 bridgehead atoms. The SMILES string of the molecule is CC(C)C1(C)CCCC(C)(C)C1(C)C. The molecule has 0 saturated heterocycles. The minimum absolute atomic E-state index is 0.451. The van der Waals surface area contributed by atoms with Gasteiger partial charge in [-0.25, -0.2) is 0 Å². The second-order valence-electron chi connectivity index (χ2n) is 6.93. The molecule has 0 aliphatic heterocycles. The minimum Gasteiger partial charge on any atom is -0.0622 e. The van der Waals surface area contributed by atoms with E-state index in [2.05, 4.69) is 48.5 Å². The van der Waals surface area contributed by atoms with Gasteiger partial charge in [0.1, 0.15) is 0 Å². The van der Waals surface area contributed by atoms with Crippen molar-refractivity contribution in [3.63, 3.8) is 0 Å². The monoisotopic (exact) mass is 196 g/mol. The van der Waals surface area contributed by atoms with Crippen LogP contribution in [0.5, 0.6) is 0 Å². The summed E-state index contributed by atoms with van der Waals surface area (Å²) in [5.41, 5.74) is 1.45. The standard InChI is InChI=1S/C14H28/c1-11(2)14(7)10-8-9-12(3,4)13(14,5)6/h11H,8-10H2,1-7H3. The second kappa shape index (κ2) is 3.25. The molecule has 14 heavy (non-hydrogen) atoms. The molecule has 0 aromatic heterocycles. The van der Waals surface area contributed by atoms with Gasteiger partial charge in [0.25, 0.3) is 0 Å². The van der Waals surface area contributed by atoms with Gasteiger partial charge in [0.15, 0.2) is 0 Å². The van der Waals surface area contributed by atoms with Crippen molar-refractivity contribution in [3.8, 4) is 0 Å². The topological polar surface area (TPSA) is 0 Å². The fourth-order valence-electron chi connectivity index (χ4n) is 3.31. The lowest BCUT2D eigenvalue weighted by Gasteiger charge is -2.59. The quantitative estimate of drug-likeness (QED) is 0.560. The molecule has 0 heterocycles. The average Bonchev–Trinajstić information content (AvgIpc) is 2.00. The van der Waals surface area contributed by atoms with Gasteiger partial charge in [-0.3, -0.25) is 0 Å². The first-order chi connectivity index (χ1) is 6.15. The zero-order valence-electron chi connectivity index (χ0n) is 11.2. The van der Waals surface area contributed by atoms with Crippen LogP contribution in [0, 0.1) is 22.2 Å². The van der Waals surface area contributed by atoms with Gasteiger partial charge in [-0.15, -0.1) is 0 Å². The van der Waals surface area contributed by atoms with E-state index in [-0.39, 0.29) is 0 Å². The highest BCUT2D eigenvalue weighted by molar-refractivity contribution is 5.02. The molecular formula is C14H28. The van der Waals surface area contributed by atoms with Crippen LogP contribution in [0.15, 0.2) is 0 Å². The first-order valence-corrected chi connectivity index (χ1v) is 6.15. The molecule has 0 spiro atoms. The molecule has 0 radical (unpaired) electrons. The van der Waals surface area contributed by atoms with Gasteiger partial charge in [0, 0.05) is 0 Å². The van der Waals surface area contributed by atoms with Crippen LogP contribution in [-0.2, 0) is 0 Å². The zero-order chi connectivity index (χ0) is 11.2. The number of rotatable bonds is 1. The van der Waals surface area contributed by atoms with Gasteiger partial charge in [-0.05, 0) is 35.0 Å². The lowest BCUT2D eigenvalue weighted by atomic mass is 9.45. The molecule has 1 saturated carbocycles. The summed E-state index contributed by atoms with van der Waals surface area (Å²) in [4.78, 5) is 0. The van der Waals surface area contributed by atoms with Crippen LogP contribution in [0.3, 0.4) is 0 Å². The molecule has 1 rings (SSSR count). The zero-order valence-corrected chi connectivity index (χ0v) is 11.2. The summed E-state index contributed by atoms with van der Waals surface area (Å²) < 4.78 is 0. The van der Waals surface area contributed by atoms with Crippen molar-refractivity contribution in [1.82, 2.24) is 0 Å². The Morgan fingerprint density at radius 1 is 0.857 bits per heavy atom. The Kier molecular flexibility index (Phi) is 2.80. The summed E-state index contributed by atoms with van der Waals surface area (Å²) in [5.74, 6) is 0.789. The van der Waals surface area contributed by atoms with Gasteiger partial charge in [0.2, 0.25) is 0 Å². The van der Waals surface area contributed by atoms with Crippen LogP contribution in [0.4, 0.5) is 0 Å². The predicted molar refractivity (Wildman–Crippen MR) is 64.4 cm³/mol. The highest BCUT2D eigenvalue weighted by atomic mass is 14.6. The summed E-state index contributed by atoms with van der Waals surface area (Å²) in [6.45, 7) is 17.1. The Morgan fingerprint density at radius 2 is 1.36 bits per heavy atom. The van der Waals surface area contributed by atoms with E-state index in [0.717, 1.165) is 5.92 Å². The van der Waals surface area contributed by atoms with Crippen molar-refractivity contribution in [2.24, 2.45) is 22.2 Å². The summed E-state index contributed by atoms with van der Waals surface area (Å²) in [5, 5.41) is 0. The highest BCUT2D eigenvalue weighted by Crippen LogP contribution is 2.62. The number of hydrogen-bond donors (Lipinski definition) is 0. The average molecular weight is 196 g/mol. The van der Waals surface area contributed by atoms with E-state index in [9.17, 15) is 0 Å². The molecule has 1 fully saturated rings. The Bertz CT molecular complexity index is 207. The molecule has 1 aliphatic rings. The highest BCUT2D eigenvalue weighted by Gasteiger charge is 2.53. The third kappa shape index (κ3) is 1.42. The van der Waals surface area contributed by atoms with E-state index < -0.39 is 0 Å². The van der Waals surface area contributed by atoms with E-state index in [1.807, 2.05) is 0 Å². The van der Waals surface area contributed by atoms with Crippen LogP contribution < -0.4 is 0 Å². The maximum absolute atomic E-state index is 2.50. The smallest absolute Gasteiger partial charge is 0.0246 e. The molecule has 0 amide bonds. The van der Waals surface area contributed by atoms with E-state index >= 15 is 0 Å². The van der Waals surface area contributed by atoms with Crippen LogP contribution in [0.25, 0.3) is 0 Å². The largest absolute Gasteiger partial charge is 0.0622 e. The molecule has 0 nitrogen and oxygen atoms in total. The van der Waals surface area contributed by atoms with Crippen LogP contribution in [0.2, 0.25) is 0 Å². The van der Waals surface area contributed by atoms with E-state index in [4.69, 9.17) is 0 Å². The molecule has 1 atom stereocenters. The van der Waals surface area contributed by atoms with E-state index in [1.165, 1.54) is 19.3 Å². The van der Waals surface area contributed by atoms with Gasteiger partial charge < -0.3 is 0 Å². The van der Waals surface area contributed by atoms with Crippen molar-refractivity contribution < 1.29 is 0 Å². The molecule has 84 valence electrons. The number of hydrogen-bond acceptors (Lipinski definition) is 0.